The molecule has 1 aromatic heterocycles. The van der Waals surface area contributed by atoms with E-state index in [0.717, 1.165) is 5.56 Å². The number of nitrogens with zero attached hydrogens (tertiary/aromatic N) is 2. The zero-order valence-corrected chi connectivity index (χ0v) is 11.0. The molecule has 0 spiro atoms. The Morgan fingerprint density at radius 3 is 2.68 bits per heavy atom. The molecular weight excluding hydrogens is 243 g/mol. The molecule has 0 aliphatic heterocycles. The minimum absolute atomic E-state index is 0.233. The first-order valence-corrected chi connectivity index (χ1v) is 6.17. The lowest BCUT2D eigenvalue weighted by molar-refractivity contribution is 0.199. The van der Waals surface area contributed by atoms with E-state index in [4.69, 9.17) is 0 Å². The Morgan fingerprint density at radius 1 is 1.26 bits per heavy atom. The van der Waals surface area contributed by atoms with Crippen LogP contribution in [0.1, 0.15) is 24.2 Å². The summed E-state index contributed by atoms with van der Waals surface area (Å²) in [5, 5.41) is 9.73. The summed E-state index contributed by atoms with van der Waals surface area (Å²) in [6, 6.07) is 10.3. The number of anilines is 1. The van der Waals surface area contributed by atoms with Crippen LogP contribution < -0.4 is 4.90 Å². The van der Waals surface area contributed by atoms with E-state index in [1.165, 1.54) is 6.07 Å². The van der Waals surface area contributed by atoms with Gasteiger partial charge >= 0.3 is 0 Å². The first-order chi connectivity index (χ1) is 9.09. The monoisotopic (exact) mass is 260 g/mol. The van der Waals surface area contributed by atoms with Gasteiger partial charge in [0.25, 0.3) is 0 Å². The Hall–Kier alpha value is -1.94. The molecule has 0 saturated carbocycles. The highest BCUT2D eigenvalue weighted by Gasteiger charge is 2.13. The quantitative estimate of drug-likeness (QED) is 0.918. The van der Waals surface area contributed by atoms with E-state index in [1.807, 2.05) is 18.0 Å². The van der Waals surface area contributed by atoms with Gasteiger partial charge in [0, 0.05) is 30.9 Å². The van der Waals surface area contributed by atoms with Crippen LogP contribution in [0.5, 0.6) is 0 Å². The van der Waals surface area contributed by atoms with Crippen LogP contribution in [0.3, 0.4) is 0 Å². The predicted octanol–water partition coefficient (Wildman–Crippen LogP) is 2.91. The number of rotatable bonds is 4. The van der Waals surface area contributed by atoms with Gasteiger partial charge in [0.1, 0.15) is 11.6 Å². The summed E-state index contributed by atoms with van der Waals surface area (Å²) >= 11 is 0. The highest BCUT2D eigenvalue weighted by molar-refractivity contribution is 5.47. The van der Waals surface area contributed by atoms with Gasteiger partial charge in [0.15, 0.2) is 0 Å². The molecule has 0 fully saturated rings. The van der Waals surface area contributed by atoms with Crippen molar-refractivity contribution in [1.29, 1.82) is 0 Å². The van der Waals surface area contributed by atoms with Crippen LogP contribution >= 0.6 is 0 Å². The molecule has 0 saturated heterocycles. The molecule has 1 atom stereocenters. The predicted molar refractivity (Wildman–Crippen MR) is 73.4 cm³/mol. The van der Waals surface area contributed by atoms with Gasteiger partial charge in [-0.15, -0.1) is 0 Å². The fourth-order valence-corrected chi connectivity index (χ4v) is 2.01. The Morgan fingerprint density at radius 2 is 2.00 bits per heavy atom. The molecule has 1 heterocycles. The molecule has 0 amide bonds. The molecule has 1 unspecified atom stereocenters. The number of aliphatic hydroxyl groups is 1. The van der Waals surface area contributed by atoms with Gasteiger partial charge in [0.05, 0.1) is 6.10 Å². The highest BCUT2D eigenvalue weighted by atomic mass is 19.1. The van der Waals surface area contributed by atoms with Gasteiger partial charge in [-0.2, -0.15) is 0 Å². The lowest BCUT2D eigenvalue weighted by atomic mass is 10.1. The summed E-state index contributed by atoms with van der Waals surface area (Å²) in [5.74, 6) is 0.435. The third-order valence-electron chi connectivity index (χ3n) is 2.99. The van der Waals surface area contributed by atoms with Crippen LogP contribution in [0.25, 0.3) is 0 Å². The Labute approximate surface area is 112 Å². The summed E-state index contributed by atoms with van der Waals surface area (Å²) in [6.45, 7) is 2.10. The fourth-order valence-electron chi connectivity index (χ4n) is 2.01. The number of aliphatic hydroxyl groups excluding tert-OH is 1. The molecule has 2 aromatic rings. The molecule has 1 aromatic carbocycles. The minimum Gasteiger partial charge on any atom is -0.389 e. The lowest BCUT2D eigenvalue weighted by Gasteiger charge is -2.22. The van der Waals surface area contributed by atoms with E-state index < -0.39 is 6.10 Å². The van der Waals surface area contributed by atoms with E-state index in [2.05, 4.69) is 4.98 Å². The van der Waals surface area contributed by atoms with Gasteiger partial charge in [0.2, 0.25) is 0 Å². The lowest BCUT2D eigenvalue weighted by Crippen LogP contribution is -2.20. The molecule has 0 radical (unpaired) electrons. The van der Waals surface area contributed by atoms with Crippen molar-refractivity contribution in [3.8, 4) is 0 Å². The molecule has 0 bridgehead atoms. The summed E-state index contributed by atoms with van der Waals surface area (Å²) in [6.07, 6.45) is 1.06. The van der Waals surface area contributed by atoms with Gasteiger partial charge < -0.3 is 10.0 Å². The molecule has 0 aliphatic rings. The molecule has 0 aliphatic carbocycles. The van der Waals surface area contributed by atoms with Crippen molar-refractivity contribution in [2.45, 2.75) is 19.6 Å². The largest absolute Gasteiger partial charge is 0.389 e. The van der Waals surface area contributed by atoms with Crippen molar-refractivity contribution in [2.24, 2.45) is 0 Å². The second-order valence-corrected chi connectivity index (χ2v) is 4.54. The van der Waals surface area contributed by atoms with E-state index in [-0.39, 0.29) is 5.82 Å². The van der Waals surface area contributed by atoms with Crippen LogP contribution in [0.4, 0.5) is 10.2 Å². The average Bonchev–Trinajstić information content (AvgIpc) is 2.41. The number of benzene rings is 1. The maximum atomic E-state index is 13.6. The maximum absolute atomic E-state index is 13.6. The summed E-state index contributed by atoms with van der Waals surface area (Å²) in [4.78, 5) is 6.10. The smallest absolute Gasteiger partial charge is 0.134 e. The van der Waals surface area contributed by atoms with Crippen LogP contribution in [-0.4, -0.2) is 17.1 Å². The second-order valence-electron chi connectivity index (χ2n) is 4.54. The first-order valence-electron chi connectivity index (χ1n) is 6.17. The number of halogens is 1. The van der Waals surface area contributed by atoms with E-state index >= 15 is 0 Å². The van der Waals surface area contributed by atoms with Crippen LogP contribution in [0.15, 0.2) is 42.6 Å². The van der Waals surface area contributed by atoms with E-state index in [1.54, 1.807) is 37.4 Å². The highest BCUT2D eigenvalue weighted by Crippen LogP contribution is 2.24. The first kappa shape index (κ1) is 13.5. The third kappa shape index (κ3) is 3.09. The third-order valence-corrected chi connectivity index (χ3v) is 2.99. The SMILES string of the molecule is CC(O)c1cccnc1N(C)Cc1ccccc1F. The molecule has 19 heavy (non-hydrogen) atoms. The van der Waals surface area contributed by atoms with Gasteiger partial charge in [-0.05, 0) is 19.1 Å². The molecule has 4 heteroatoms. The number of hydrogen-bond donors (Lipinski definition) is 1. The zero-order valence-electron chi connectivity index (χ0n) is 11.0. The molecule has 3 nitrogen and oxygen atoms in total. The van der Waals surface area contributed by atoms with Crippen molar-refractivity contribution in [3.05, 3.63) is 59.5 Å². The number of aromatic nitrogens is 1. The Balaban J connectivity index is 2.26. The summed E-state index contributed by atoms with van der Waals surface area (Å²) in [5.41, 5.74) is 1.34. The summed E-state index contributed by atoms with van der Waals surface area (Å²) < 4.78 is 13.6. The van der Waals surface area contributed by atoms with Gasteiger partial charge in [-0.25, -0.2) is 9.37 Å². The average molecular weight is 260 g/mol. The normalized spacial score (nSPS) is 12.2. The Kier molecular flexibility index (Phi) is 4.12. The minimum atomic E-state index is -0.605. The van der Waals surface area contributed by atoms with Crippen molar-refractivity contribution in [2.75, 3.05) is 11.9 Å². The zero-order chi connectivity index (χ0) is 13.8. The molecule has 2 rings (SSSR count). The van der Waals surface area contributed by atoms with Gasteiger partial charge in [-0.1, -0.05) is 24.3 Å². The Bertz CT molecular complexity index is 557. The van der Waals surface area contributed by atoms with Crippen molar-refractivity contribution >= 4 is 5.82 Å². The van der Waals surface area contributed by atoms with E-state index in [0.29, 0.717) is 17.9 Å². The van der Waals surface area contributed by atoms with Crippen molar-refractivity contribution < 1.29 is 9.50 Å². The number of hydrogen-bond acceptors (Lipinski definition) is 3. The van der Waals surface area contributed by atoms with Crippen LogP contribution in [0.2, 0.25) is 0 Å². The molecule has 1 N–H and O–H groups in total. The standard InChI is InChI=1S/C15H17FN2O/c1-11(19)13-7-5-9-17-15(13)18(2)10-12-6-3-4-8-14(12)16/h3-9,11,19H,10H2,1-2H3. The van der Waals surface area contributed by atoms with Crippen LogP contribution in [-0.2, 0) is 6.54 Å². The fraction of sp³-hybridized carbons (Fsp3) is 0.267. The second kappa shape index (κ2) is 5.80. The number of pyridine rings is 1. The van der Waals surface area contributed by atoms with E-state index in [9.17, 15) is 9.50 Å². The maximum Gasteiger partial charge on any atom is 0.134 e. The van der Waals surface area contributed by atoms with Gasteiger partial charge in [-0.3, -0.25) is 0 Å². The summed E-state index contributed by atoms with van der Waals surface area (Å²) in [7, 11) is 1.83. The van der Waals surface area contributed by atoms with Crippen molar-refractivity contribution in [3.63, 3.8) is 0 Å². The molecular formula is C15H17FN2O. The van der Waals surface area contributed by atoms with Crippen LogP contribution in [0, 0.1) is 5.82 Å². The molecule has 100 valence electrons. The topological polar surface area (TPSA) is 36.4 Å². The van der Waals surface area contributed by atoms with Crippen molar-refractivity contribution in [1.82, 2.24) is 4.98 Å².